The Balaban J connectivity index is 1.86. The summed E-state index contributed by atoms with van der Waals surface area (Å²) in [5, 5.41) is 8.98. The van der Waals surface area contributed by atoms with Crippen molar-refractivity contribution in [2.45, 2.75) is 50.4 Å². The molecule has 1 heterocycles. The first-order valence-corrected chi connectivity index (χ1v) is 12.3. The summed E-state index contributed by atoms with van der Waals surface area (Å²) in [6, 6.07) is 8.81. The van der Waals surface area contributed by atoms with Crippen LogP contribution in [0.25, 0.3) is 0 Å². The maximum absolute atomic E-state index is 13.6. The molecule has 34 heavy (non-hydrogen) atoms. The van der Waals surface area contributed by atoms with E-state index in [4.69, 9.17) is 21.6 Å². The molecule has 1 saturated heterocycles. The molecule has 1 atom stereocenters. The van der Waals surface area contributed by atoms with E-state index < -0.39 is 33.4 Å². The van der Waals surface area contributed by atoms with Gasteiger partial charge in [-0.15, -0.1) is 0 Å². The molecule has 1 fully saturated rings. The van der Waals surface area contributed by atoms with E-state index in [1.807, 2.05) is 20.8 Å². The van der Waals surface area contributed by atoms with Crippen molar-refractivity contribution >= 4 is 27.3 Å². The Kier molecular flexibility index (Phi) is 7.14. The second-order valence-corrected chi connectivity index (χ2v) is 11.3. The van der Waals surface area contributed by atoms with E-state index >= 15 is 0 Å². The van der Waals surface area contributed by atoms with Crippen LogP contribution < -0.4 is 9.64 Å². The van der Waals surface area contributed by atoms with Crippen LogP contribution in [0.1, 0.15) is 38.8 Å². The number of hydrogen-bond donors (Lipinski definition) is 0. The third-order valence-electron chi connectivity index (χ3n) is 5.25. The van der Waals surface area contributed by atoms with Crippen LogP contribution in [0.15, 0.2) is 41.3 Å². The number of nitriles is 1. The molecule has 0 N–H and O–H groups in total. The average molecular weight is 516 g/mol. The van der Waals surface area contributed by atoms with Crippen LogP contribution in [0.3, 0.4) is 0 Å². The van der Waals surface area contributed by atoms with Gasteiger partial charge in [-0.2, -0.15) is 22.7 Å². The van der Waals surface area contributed by atoms with Crippen molar-refractivity contribution in [1.82, 2.24) is 4.31 Å². The highest BCUT2D eigenvalue weighted by atomic mass is 35.5. The third kappa shape index (κ3) is 5.59. The lowest BCUT2D eigenvalue weighted by atomic mass is 10.1. The van der Waals surface area contributed by atoms with Gasteiger partial charge >= 0.3 is 6.18 Å². The van der Waals surface area contributed by atoms with Crippen molar-refractivity contribution in [3.8, 4) is 11.8 Å². The molecule has 0 aliphatic carbocycles. The van der Waals surface area contributed by atoms with Crippen molar-refractivity contribution < 1.29 is 26.3 Å². The highest BCUT2D eigenvalue weighted by Crippen LogP contribution is 2.39. The van der Waals surface area contributed by atoms with E-state index in [0.29, 0.717) is 5.75 Å². The Morgan fingerprint density at radius 3 is 2.32 bits per heavy atom. The standard InChI is InChI=1S/C23H25ClF3N3O3S/c1-15-14-29(20-7-5-16(13-28)11-18(20)23(25,26)27)9-10-30(15)34(31,32)21-8-6-17(12-19(21)24)33-22(2,3)4/h5-8,11-12,15H,9-10,14H2,1-4H3. The van der Waals surface area contributed by atoms with Crippen LogP contribution in [0.2, 0.25) is 5.02 Å². The summed E-state index contributed by atoms with van der Waals surface area (Å²) >= 11 is 6.29. The zero-order chi connectivity index (χ0) is 25.5. The summed E-state index contributed by atoms with van der Waals surface area (Å²) in [5.41, 5.74) is -1.60. The molecule has 2 aromatic rings. The third-order valence-corrected chi connectivity index (χ3v) is 7.75. The zero-order valence-electron chi connectivity index (χ0n) is 19.1. The van der Waals surface area contributed by atoms with Crippen LogP contribution in [0.5, 0.6) is 5.75 Å². The minimum absolute atomic E-state index is 0.00262. The van der Waals surface area contributed by atoms with Crippen molar-refractivity contribution in [3.63, 3.8) is 0 Å². The van der Waals surface area contributed by atoms with Crippen LogP contribution in [0.4, 0.5) is 18.9 Å². The molecule has 0 spiro atoms. The van der Waals surface area contributed by atoms with Crippen LogP contribution in [0, 0.1) is 11.3 Å². The number of hydrogen-bond acceptors (Lipinski definition) is 5. The number of anilines is 1. The van der Waals surface area contributed by atoms with E-state index in [-0.39, 0.29) is 40.8 Å². The fourth-order valence-corrected chi connectivity index (χ4v) is 5.98. The summed E-state index contributed by atoms with van der Waals surface area (Å²) in [6.45, 7) is 7.24. The van der Waals surface area contributed by atoms with Gasteiger partial charge in [-0.3, -0.25) is 0 Å². The molecule has 3 rings (SSSR count). The number of rotatable bonds is 4. The first-order valence-electron chi connectivity index (χ1n) is 10.5. The molecule has 6 nitrogen and oxygen atoms in total. The average Bonchev–Trinajstić information content (AvgIpc) is 2.71. The summed E-state index contributed by atoms with van der Waals surface area (Å²) in [5.74, 6) is 0.426. The van der Waals surface area contributed by atoms with Gasteiger partial charge in [0.15, 0.2) is 0 Å². The molecule has 184 valence electrons. The van der Waals surface area contributed by atoms with Crippen LogP contribution in [-0.4, -0.2) is 44.0 Å². The van der Waals surface area contributed by atoms with Crippen molar-refractivity contribution in [1.29, 1.82) is 5.26 Å². The van der Waals surface area contributed by atoms with Crippen LogP contribution in [-0.2, 0) is 16.2 Å². The van der Waals surface area contributed by atoms with E-state index in [0.717, 1.165) is 6.07 Å². The summed E-state index contributed by atoms with van der Waals surface area (Å²) in [6.07, 6.45) is -4.65. The summed E-state index contributed by atoms with van der Waals surface area (Å²) < 4.78 is 74.5. The van der Waals surface area contributed by atoms with Gasteiger partial charge in [-0.25, -0.2) is 8.42 Å². The Morgan fingerprint density at radius 1 is 1.12 bits per heavy atom. The smallest absolute Gasteiger partial charge is 0.418 e. The number of ether oxygens (including phenoxy) is 1. The molecule has 0 aromatic heterocycles. The van der Waals surface area contributed by atoms with Gasteiger partial charge in [0.1, 0.15) is 16.2 Å². The SMILES string of the molecule is CC1CN(c2ccc(C#N)cc2C(F)(F)F)CCN1S(=O)(=O)c1ccc(OC(C)(C)C)cc1Cl. The predicted molar refractivity (Wildman–Crippen MR) is 124 cm³/mol. The Bertz CT molecular complexity index is 1220. The zero-order valence-corrected chi connectivity index (χ0v) is 20.7. The van der Waals surface area contributed by atoms with Gasteiger partial charge in [-0.1, -0.05) is 11.6 Å². The number of nitrogens with zero attached hydrogens (tertiary/aromatic N) is 3. The number of halogens is 4. The molecular weight excluding hydrogens is 491 g/mol. The topological polar surface area (TPSA) is 73.6 Å². The molecule has 1 unspecified atom stereocenters. The highest BCUT2D eigenvalue weighted by Gasteiger charge is 2.39. The normalized spacial score (nSPS) is 18.0. The first-order chi connectivity index (χ1) is 15.6. The number of sulfonamides is 1. The lowest BCUT2D eigenvalue weighted by Crippen LogP contribution is -2.54. The summed E-state index contributed by atoms with van der Waals surface area (Å²) in [4.78, 5) is 1.40. The van der Waals surface area contributed by atoms with Gasteiger partial charge in [0.2, 0.25) is 10.0 Å². The lowest BCUT2D eigenvalue weighted by Gasteiger charge is -2.41. The van der Waals surface area contributed by atoms with Gasteiger partial charge < -0.3 is 9.64 Å². The van der Waals surface area contributed by atoms with Crippen molar-refractivity contribution in [2.75, 3.05) is 24.5 Å². The highest BCUT2D eigenvalue weighted by molar-refractivity contribution is 7.89. The monoisotopic (exact) mass is 515 g/mol. The summed E-state index contributed by atoms with van der Waals surface area (Å²) in [7, 11) is -4.00. The molecule has 1 aliphatic rings. The van der Waals surface area contributed by atoms with Gasteiger partial charge in [0, 0.05) is 37.4 Å². The fraction of sp³-hybridized carbons (Fsp3) is 0.435. The van der Waals surface area contributed by atoms with Gasteiger partial charge in [0.25, 0.3) is 0 Å². The number of benzene rings is 2. The van der Waals surface area contributed by atoms with Crippen molar-refractivity contribution in [3.05, 3.63) is 52.5 Å². The molecule has 0 radical (unpaired) electrons. The largest absolute Gasteiger partial charge is 0.488 e. The van der Waals surface area contributed by atoms with E-state index in [1.165, 1.54) is 39.5 Å². The Labute approximate surface area is 202 Å². The van der Waals surface area contributed by atoms with Crippen LogP contribution >= 0.6 is 11.6 Å². The quantitative estimate of drug-likeness (QED) is 0.552. The van der Waals surface area contributed by atoms with Gasteiger partial charge in [0.05, 0.1) is 22.2 Å². The van der Waals surface area contributed by atoms with E-state index in [1.54, 1.807) is 13.0 Å². The molecule has 2 aromatic carbocycles. The fourth-order valence-electron chi connectivity index (χ4n) is 3.86. The first kappa shape index (κ1) is 26.1. The lowest BCUT2D eigenvalue weighted by molar-refractivity contribution is -0.137. The van der Waals surface area contributed by atoms with Crippen molar-refractivity contribution in [2.24, 2.45) is 0 Å². The second-order valence-electron chi connectivity index (χ2n) is 9.06. The maximum Gasteiger partial charge on any atom is 0.418 e. The predicted octanol–water partition coefficient (Wildman–Crippen LogP) is 5.31. The molecular formula is C23H25ClF3N3O3S. The molecule has 0 bridgehead atoms. The molecule has 0 saturated carbocycles. The molecule has 1 aliphatic heterocycles. The molecule has 0 amide bonds. The minimum atomic E-state index is -4.65. The Hall–Kier alpha value is -2.48. The minimum Gasteiger partial charge on any atom is -0.488 e. The van der Waals surface area contributed by atoms with E-state index in [2.05, 4.69) is 0 Å². The number of piperazine rings is 1. The van der Waals surface area contributed by atoms with E-state index in [9.17, 15) is 21.6 Å². The second kappa shape index (κ2) is 9.29. The Morgan fingerprint density at radius 2 is 1.79 bits per heavy atom. The maximum atomic E-state index is 13.6. The van der Waals surface area contributed by atoms with Gasteiger partial charge in [-0.05, 0) is 58.0 Å². The number of alkyl halides is 3. The molecule has 11 heteroatoms.